The number of hydrogen-bond acceptors (Lipinski definition) is 0. The van der Waals surface area contributed by atoms with Crippen LogP contribution in [-0.4, -0.2) is 30.7 Å². The molecule has 0 aromatic carbocycles. The zero-order valence-corrected chi connectivity index (χ0v) is 10.3. The molecule has 1 nitrogen and oxygen atoms in total. The van der Waals surface area contributed by atoms with E-state index in [1.165, 1.54) is 43.5 Å². The Morgan fingerprint density at radius 2 is 1.46 bits per heavy atom. The lowest BCUT2D eigenvalue weighted by molar-refractivity contribution is -0.925. The Bertz CT molecular complexity index is 114. The fourth-order valence-corrected chi connectivity index (χ4v) is 1.97. The van der Waals surface area contributed by atoms with E-state index in [4.69, 9.17) is 0 Å². The molecule has 0 heterocycles. The predicted molar refractivity (Wildman–Crippen MR) is 60.8 cm³/mol. The Balaban J connectivity index is 4.04. The molecule has 0 N–H and O–H groups in total. The maximum atomic E-state index is 2.33. The minimum Gasteiger partial charge on any atom is -0.324 e. The first kappa shape index (κ1) is 13.0. The van der Waals surface area contributed by atoms with E-state index in [1.54, 1.807) is 0 Å². The van der Waals surface area contributed by atoms with Gasteiger partial charge in [0, 0.05) is 0 Å². The predicted octanol–water partition coefficient (Wildman–Crippen LogP) is 3.30. The lowest BCUT2D eigenvalue weighted by Crippen LogP contribution is -2.49. The molecule has 0 radical (unpaired) electrons. The second-order valence-corrected chi connectivity index (χ2v) is 4.60. The zero-order chi connectivity index (χ0) is 10.3. The van der Waals surface area contributed by atoms with Gasteiger partial charge in [-0.2, -0.15) is 0 Å². The number of hydrogen-bond donors (Lipinski definition) is 0. The third kappa shape index (κ3) is 4.66. The number of quaternary nitrogens is 1. The third-order valence-electron chi connectivity index (χ3n) is 3.22. The van der Waals surface area contributed by atoms with Crippen molar-refractivity contribution in [2.45, 2.75) is 47.5 Å². The van der Waals surface area contributed by atoms with Gasteiger partial charge >= 0.3 is 0 Å². The number of rotatable bonds is 7. The maximum Gasteiger partial charge on any atom is 0.0788 e. The normalized spacial score (nSPS) is 12.5. The van der Waals surface area contributed by atoms with Crippen LogP contribution in [0.5, 0.6) is 0 Å². The van der Waals surface area contributed by atoms with Crippen LogP contribution in [0.1, 0.15) is 47.5 Å². The first-order valence-electron chi connectivity index (χ1n) is 5.95. The van der Waals surface area contributed by atoms with Crippen molar-refractivity contribution < 1.29 is 4.48 Å². The zero-order valence-electron chi connectivity index (χ0n) is 10.3. The molecule has 0 rings (SSSR count). The fraction of sp³-hybridized carbons (Fsp3) is 1.00. The van der Waals surface area contributed by atoms with E-state index in [1.807, 2.05) is 0 Å². The first-order valence-corrected chi connectivity index (χ1v) is 5.95. The molecule has 0 fully saturated rings. The minimum atomic E-state index is 0.854. The van der Waals surface area contributed by atoms with Gasteiger partial charge in [0.2, 0.25) is 0 Å². The van der Waals surface area contributed by atoms with Crippen LogP contribution in [0.3, 0.4) is 0 Å². The van der Waals surface area contributed by atoms with Crippen molar-refractivity contribution in [3.63, 3.8) is 0 Å². The van der Waals surface area contributed by atoms with Crippen LogP contribution in [0.15, 0.2) is 0 Å². The maximum absolute atomic E-state index is 2.33. The van der Waals surface area contributed by atoms with Crippen molar-refractivity contribution in [2.75, 3.05) is 26.2 Å². The summed E-state index contributed by atoms with van der Waals surface area (Å²) >= 11 is 0. The molecule has 0 aliphatic heterocycles. The van der Waals surface area contributed by atoms with Gasteiger partial charge in [-0.05, 0) is 32.6 Å². The van der Waals surface area contributed by atoms with Crippen molar-refractivity contribution in [3.8, 4) is 0 Å². The van der Waals surface area contributed by atoms with Gasteiger partial charge in [0.1, 0.15) is 0 Å². The van der Waals surface area contributed by atoms with Crippen LogP contribution in [0.25, 0.3) is 0 Å². The van der Waals surface area contributed by atoms with Crippen molar-refractivity contribution in [3.05, 3.63) is 0 Å². The van der Waals surface area contributed by atoms with Crippen LogP contribution in [0.2, 0.25) is 0 Å². The van der Waals surface area contributed by atoms with E-state index in [2.05, 4.69) is 34.6 Å². The summed E-state index contributed by atoms with van der Waals surface area (Å²) < 4.78 is 1.33. The van der Waals surface area contributed by atoms with Crippen molar-refractivity contribution >= 4 is 0 Å². The van der Waals surface area contributed by atoms with Crippen molar-refractivity contribution in [1.29, 1.82) is 0 Å². The van der Waals surface area contributed by atoms with Gasteiger partial charge in [0.25, 0.3) is 0 Å². The highest BCUT2D eigenvalue weighted by molar-refractivity contribution is 4.46. The van der Waals surface area contributed by atoms with Gasteiger partial charge in [-0.1, -0.05) is 20.8 Å². The average molecular weight is 186 g/mol. The van der Waals surface area contributed by atoms with Crippen LogP contribution < -0.4 is 0 Å². The van der Waals surface area contributed by atoms with Gasteiger partial charge in [0.05, 0.1) is 26.2 Å². The van der Waals surface area contributed by atoms with Gasteiger partial charge in [-0.3, -0.25) is 0 Å². The highest BCUT2D eigenvalue weighted by Crippen LogP contribution is 2.12. The van der Waals surface area contributed by atoms with Gasteiger partial charge in [0.15, 0.2) is 0 Å². The largest absolute Gasteiger partial charge is 0.324 e. The summed E-state index contributed by atoms with van der Waals surface area (Å²) in [5, 5.41) is 0. The average Bonchev–Trinajstić information content (AvgIpc) is 2.12. The summed E-state index contributed by atoms with van der Waals surface area (Å²) in [4.78, 5) is 0. The molecule has 0 bridgehead atoms. The van der Waals surface area contributed by atoms with E-state index in [0.717, 1.165) is 5.92 Å². The summed E-state index contributed by atoms with van der Waals surface area (Å²) in [6.45, 7) is 17.0. The molecule has 0 saturated carbocycles. The Morgan fingerprint density at radius 3 is 1.77 bits per heavy atom. The molecule has 0 aromatic rings. The third-order valence-corrected chi connectivity index (χ3v) is 3.22. The highest BCUT2D eigenvalue weighted by atomic mass is 15.3. The Labute approximate surface area is 84.7 Å². The van der Waals surface area contributed by atoms with Crippen molar-refractivity contribution in [2.24, 2.45) is 5.92 Å². The molecule has 0 aliphatic carbocycles. The summed E-state index contributed by atoms with van der Waals surface area (Å²) in [6.07, 6.45) is 2.70. The van der Waals surface area contributed by atoms with Crippen LogP contribution in [0.4, 0.5) is 0 Å². The lowest BCUT2D eigenvalue weighted by atomic mass is 10.1. The molecule has 0 atom stereocenters. The lowest BCUT2D eigenvalue weighted by Gasteiger charge is -2.37. The molecule has 0 saturated heterocycles. The molecule has 0 unspecified atom stereocenters. The smallest absolute Gasteiger partial charge is 0.0788 e. The molecule has 0 amide bonds. The van der Waals surface area contributed by atoms with Crippen LogP contribution >= 0.6 is 0 Å². The van der Waals surface area contributed by atoms with Crippen LogP contribution in [0, 0.1) is 5.92 Å². The van der Waals surface area contributed by atoms with Gasteiger partial charge in [-0.25, -0.2) is 0 Å². The second kappa shape index (κ2) is 6.42. The Morgan fingerprint density at radius 1 is 0.923 bits per heavy atom. The van der Waals surface area contributed by atoms with E-state index in [0.29, 0.717) is 0 Å². The monoisotopic (exact) mass is 186 g/mol. The molecule has 13 heavy (non-hydrogen) atoms. The Hall–Kier alpha value is -0.0400. The summed E-state index contributed by atoms with van der Waals surface area (Å²) in [7, 11) is 0. The van der Waals surface area contributed by atoms with E-state index < -0.39 is 0 Å². The molecular weight excluding hydrogens is 158 g/mol. The summed E-state index contributed by atoms with van der Waals surface area (Å²) in [6, 6.07) is 0. The second-order valence-electron chi connectivity index (χ2n) is 4.60. The molecule has 80 valence electrons. The Kier molecular flexibility index (Phi) is 6.40. The number of nitrogens with zero attached hydrogens (tertiary/aromatic N) is 1. The summed E-state index contributed by atoms with van der Waals surface area (Å²) in [5.41, 5.74) is 0. The fourth-order valence-electron chi connectivity index (χ4n) is 1.97. The molecule has 0 aliphatic rings. The highest BCUT2D eigenvalue weighted by Gasteiger charge is 2.21. The van der Waals surface area contributed by atoms with E-state index >= 15 is 0 Å². The minimum absolute atomic E-state index is 0.854. The quantitative estimate of drug-likeness (QED) is 0.535. The molecule has 0 aromatic heterocycles. The standard InChI is InChI=1S/C12H28N/c1-6-10-13(7-2,8-3)11-9-12(4)5/h12H,6-11H2,1-5H3/q+1. The van der Waals surface area contributed by atoms with E-state index in [9.17, 15) is 0 Å². The van der Waals surface area contributed by atoms with Crippen LogP contribution in [-0.2, 0) is 0 Å². The SMILES string of the molecule is CCC[N+](CC)(CC)CCC(C)C. The van der Waals surface area contributed by atoms with Gasteiger partial charge < -0.3 is 4.48 Å². The first-order chi connectivity index (χ1) is 6.10. The topological polar surface area (TPSA) is 0 Å². The van der Waals surface area contributed by atoms with E-state index in [-0.39, 0.29) is 0 Å². The summed E-state index contributed by atoms with van der Waals surface area (Å²) in [5.74, 6) is 0.854. The molecule has 1 heteroatoms. The molecule has 0 spiro atoms. The van der Waals surface area contributed by atoms with Gasteiger partial charge in [-0.15, -0.1) is 0 Å². The molecular formula is C12H28N+. The van der Waals surface area contributed by atoms with Crippen molar-refractivity contribution in [1.82, 2.24) is 0 Å².